The molecule has 0 saturated heterocycles. The molecule has 0 saturated carbocycles. The van der Waals surface area contributed by atoms with Crippen LogP contribution < -0.4 is 4.74 Å². The Morgan fingerprint density at radius 1 is 1.25 bits per heavy atom. The van der Waals surface area contributed by atoms with E-state index in [1.807, 2.05) is 42.2 Å². The zero-order valence-electron chi connectivity index (χ0n) is 16.6. The smallest absolute Gasteiger partial charge is 0.272 e. The molecule has 6 heteroatoms. The summed E-state index contributed by atoms with van der Waals surface area (Å²) in [5.41, 5.74) is 3.30. The number of hydrogen-bond donors (Lipinski definition) is 1. The molecule has 3 heterocycles. The van der Waals surface area contributed by atoms with Gasteiger partial charge in [-0.05, 0) is 43.2 Å². The fourth-order valence-electron chi connectivity index (χ4n) is 4.03. The SMILES string of the molecule is CCOc1ccccc1-c1cc(C(=O)N2CCn3cccc3[C@H]2C(C)C)[nH]n1. The van der Waals surface area contributed by atoms with Crippen LogP contribution in [0.25, 0.3) is 11.3 Å². The summed E-state index contributed by atoms with van der Waals surface area (Å²) in [6.07, 6.45) is 2.09. The minimum atomic E-state index is -0.0150. The first-order chi connectivity index (χ1) is 13.6. The molecule has 1 aliphatic rings. The van der Waals surface area contributed by atoms with Crippen molar-refractivity contribution in [3.8, 4) is 17.0 Å². The number of rotatable bonds is 5. The van der Waals surface area contributed by atoms with Crippen LogP contribution in [-0.2, 0) is 6.54 Å². The lowest BCUT2D eigenvalue weighted by Crippen LogP contribution is -2.44. The lowest BCUT2D eigenvalue weighted by molar-refractivity contribution is 0.0550. The first-order valence-corrected chi connectivity index (χ1v) is 9.83. The van der Waals surface area contributed by atoms with Gasteiger partial charge in [0, 0.05) is 30.5 Å². The predicted molar refractivity (Wildman–Crippen MR) is 108 cm³/mol. The van der Waals surface area contributed by atoms with Crippen LogP contribution in [0.5, 0.6) is 5.75 Å². The lowest BCUT2D eigenvalue weighted by Gasteiger charge is -2.39. The second-order valence-corrected chi connectivity index (χ2v) is 7.41. The Labute approximate surface area is 165 Å². The highest BCUT2D eigenvalue weighted by Crippen LogP contribution is 2.34. The summed E-state index contributed by atoms with van der Waals surface area (Å²) in [7, 11) is 0. The van der Waals surface area contributed by atoms with Gasteiger partial charge in [-0.15, -0.1) is 0 Å². The van der Waals surface area contributed by atoms with E-state index in [1.165, 1.54) is 5.69 Å². The van der Waals surface area contributed by atoms with Gasteiger partial charge in [-0.1, -0.05) is 26.0 Å². The molecule has 1 atom stereocenters. The third-order valence-corrected chi connectivity index (χ3v) is 5.25. The molecule has 0 aliphatic carbocycles. The second kappa shape index (κ2) is 7.54. The molecule has 1 aliphatic heterocycles. The lowest BCUT2D eigenvalue weighted by atomic mass is 9.96. The molecular weight excluding hydrogens is 352 g/mol. The second-order valence-electron chi connectivity index (χ2n) is 7.41. The average Bonchev–Trinajstić information content (AvgIpc) is 3.36. The molecule has 4 rings (SSSR count). The zero-order valence-corrected chi connectivity index (χ0v) is 16.6. The largest absolute Gasteiger partial charge is 0.493 e. The van der Waals surface area contributed by atoms with Crippen LogP contribution in [0.1, 0.15) is 43.0 Å². The zero-order chi connectivity index (χ0) is 19.7. The molecule has 3 aromatic rings. The molecule has 2 aromatic heterocycles. The highest BCUT2D eigenvalue weighted by molar-refractivity contribution is 5.94. The van der Waals surface area contributed by atoms with E-state index < -0.39 is 0 Å². The number of benzene rings is 1. The summed E-state index contributed by atoms with van der Waals surface area (Å²) in [6, 6.07) is 13.8. The van der Waals surface area contributed by atoms with E-state index in [0.29, 0.717) is 30.5 Å². The van der Waals surface area contributed by atoms with Gasteiger partial charge in [0.15, 0.2) is 0 Å². The van der Waals surface area contributed by atoms with Crippen LogP contribution >= 0.6 is 0 Å². The van der Waals surface area contributed by atoms with Gasteiger partial charge in [-0.25, -0.2) is 0 Å². The van der Waals surface area contributed by atoms with Crippen LogP contribution in [0.4, 0.5) is 0 Å². The maximum atomic E-state index is 13.3. The highest BCUT2D eigenvalue weighted by atomic mass is 16.5. The Morgan fingerprint density at radius 3 is 2.86 bits per heavy atom. The number of ether oxygens (including phenoxy) is 1. The number of H-pyrrole nitrogens is 1. The average molecular weight is 378 g/mol. The Kier molecular flexibility index (Phi) is 4.94. The number of aromatic nitrogens is 3. The molecule has 1 N–H and O–H groups in total. The van der Waals surface area contributed by atoms with E-state index in [4.69, 9.17) is 4.74 Å². The van der Waals surface area contributed by atoms with E-state index in [0.717, 1.165) is 17.9 Å². The summed E-state index contributed by atoms with van der Waals surface area (Å²) in [5, 5.41) is 7.34. The number of carbonyl (C=O) groups is 1. The van der Waals surface area contributed by atoms with E-state index >= 15 is 0 Å². The van der Waals surface area contributed by atoms with Crippen molar-refractivity contribution >= 4 is 5.91 Å². The van der Waals surface area contributed by atoms with Crippen LogP contribution in [0, 0.1) is 5.92 Å². The maximum absolute atomic E-state index is 13.3. The van der Waals surface area contributed by atoms with E-state index in [9.17, 15) is 4.79 Å². The number of hydrogen-bond acceptors (Lipinski definition) is 3. The van der Waals surface area contributed by atoms with E-state index in [1.54, 1.807) is 0 Å². The van der Waals surface area contributed by atoms with Gasteiger partial charge in [0.1, 0.15) is 11.4 Å². The summed E-state index contributed by atoms with van der Waals surface area (Å²) in [6.45, 7) is 8.35. The molecule has 1 amide bonds. The van der Waals surface area contributed by atoms with Gasteiger partial charge in [0.25, 0.3) is 5.91 Å². The third kappa shape index (κ3) is 3.19. The fourth-order valence-corrected chi connectivity index (χ4v) is 4.03. The Bertz CT molecular complexity index is 972. The van der Waals surface area contributed by atoms with Gasteiger partial charge < -0.3 is 14.2 Å². The maximum Gasteiger partial charge on any atom is 0.272 e. The Hall–Kier alpha value is -3.02. The number of nitrogens with zero attached hydrogens (tertiary/aromatic N) is 3. The Balaban J connectivity index is 1.63. The number of fused-ring (bicyclic) bond motifs is 1. The normalized spacial score (nSPS) is 16.3. The molecule has 146 valence electrons. The van der Waals surface area contributed by atoms with Crippen molar-refractivity contribution in [2.24, 2.45) is 5.92 Å². The van der Waals surface area contributed by atoms with E-state index in [-0.39, 0.29) is 11.9 Å². The number of amides is 1. The molecule has 0 bridgehead atoms. The van der Waals surface area contributed by atoms with Gasteiger partial charge in [0.2, 0.25) is 0 Å². The fraction of sp³-hybridized carbons (Fsp3) is 0.364. The number of para-hydroxylation sites is 1. The molecule has 0 unspecified atom stereocenters. The van der Waals surface area contributed by atoms with Crippen molar-refractivity contribution < 1.29 is 9.53 Å². The monoisotopic (exact) mass is 378 g/mol. The number of carbonyl (C=O) groups excluding carboxylic acids is 1. The van der Waals surface area contributed by atoms with Crippen LogP contribution in [0.15, 0.2) is 48.7 Å². The summed E-state index contributed by atoms with van der Waals surface area (Å²) in [4.78, 5) is 15.3. The summed E-state index contributed by atoms with van der Waals surface area (Å²) in [5.74, 6) is 1.07. The van der Waals surface area contributed by atoms with Gasteiger partial charge in [-0.2, -0.15) is 5.10 Å². The third-order valence-electron chi connectivity index (χ3n) is 5.25. The predicted octanol–water partition coefficient (Wildman–Crippen LogP) is 4.13. The molecule has 1 aromatic carbocycles. The van der Waals surface area contributed by atoms with Gasteiger partial charge in [0.05, 0.1) is 18.3 Å². The van der Waals surface area contributed by atoms with Crippen molar-refractivity contribution in [3.05, 3.63) is 60.0 Å². The van der Waals surface area contributed by atoms with Crippen LogP contribution in [-0.4, -0.2) is 38.7 Å². The van der Waals surface area contributed by atoms with E-state index in [2.05, 4.69) is 46.9 Å². The topological polar surface area (TPSA) is 63.1 Å². The van der Waals surface area contributed by atoms with Crippen molar-refractivity contribution in [1.29, 1.82) is 0 Å². The highest BCUT2D eigenvalue weighted by Gasteiger charge is 2.34. The molecule has 6 nitrogen and oxygen atoms in total. The first kappa shape index (κ1) is 18.3. The van der Waals surface area contributed by atoms with Crippen LogP contribution in [0.3, 0.4) is 0 Å². The molecule has 0 fully saturated rings. The standard InChI is InChI=1S/C22H26N4O2/c1-4-28-20-10-6-5-8-16(20)17-14-18(24-23-17)22(27)26-13-12-25-11-7-9-19(25)21(26)15(2)3/h5-11,14-15,21H,4,12-13H2,1-3H3,(H,23,24)/t21-/m1/s1. The van der Waals surface area contributed by atoms with Crippen molar-refractivity contribution in [2.75, 3.05) is 13.2 Å². The molecule has 0 radical (unpaired) electrons. The molecule has 0 spiro atoms. The van der Waals surface area contributed by atoms with Gasteiger partial charge >= 0.3 is 0 Å². The van der Waals surface area contributed by atoms with Crippen molar-refractivity contribution in [1.82, 2.24) is 19.7 Å². The van der Waals surface area contributed by atoms with Gasteiger partial charge in [-0.3, -0.25) is 9.89 Å². The quantitative estimate of drug-likeness (QED) is 0.726. The molecular formula is C22H26N4O2. The number of nitrogens with one attached hydrogen (secondary N) is 1. The first-order valence-electron chi connectivity index (χ1n) is 9.83. The Morgan fingerprint density at radius 2 is 2.07 bits per heavy atom. The minimum Gasteiger partial charge on any atom is -0.493 e. The number of aromatic amines is 1. The van der Waals surface area contributed by atoms with Crippen molar-refractivity contribution in [2.45, 2.75) is 33.4 Å². The minimum absolute atomic E-state index is 0.0150. The summed E-state index contributed by atoms with van der Waals surface area (Å²) < 4.78 is 7.95. The van der Waals surface area contributed by atoms with Crippen LogP contribution in [0.2, 0.25) is 0 Å². The summed E-state index contributed by atoms with van der Waals surface area (Å²) >= 11 is 0. The molecule has 28 heavy (non-hydrogen) atoms. The van der Waals surface area contributed by atoms with Crippen molar-refractivity contribution in [3.63, 3.8) is 0 Å².